The van der Waals surface area contributed by atoms with Gasteiger partial charge in [-0.2, -0.15) is 0 Å². The van der Waals surface area contributed by atoms with Crippen LogP contribution < -0.4 is 10.5 Å². The minimum atomic E-state index is 0.527. The van der Waals surface area contributed by atoms with Crippen LogP contribution in [0.25, 0.3) is 0 Å². The lowest BCUT2D eigenvalue weighted by Crippen LogP contribution is -2.11. The minimum Gasteiger partial charge on any atom is -0.475 e. The summed E-state index contributed by atoms with van der Waals surface area (Å²) in [5, 5.41) is 4.11. The van der Waals surface area contributed by atoms with Crippen LogP contribution in [0, 0.1) is 0 Å². The molecule has 0 aliphatic carbocycles. The predicted molar refractivity (Wildman–Crippen MR) is 42.5 cm³/mol. The molecule has 0 saturated heterocycles. The van der Waals surface area contributed by atoms with Crippen molar-refractivity contribution in [3.05, 3.63) is 12.3 Å². The first kappa shape index (κ1) is 8.07. The monoisotopic (exact) mass is 155 g/mol. The first-order valence-electron chi connectivity index (χ1n) is 3.73. The molecular formula is C7H13N3O. The van der Waals surface area contributed by atoms with Gasteiger partial charge in [0, 0.05) is 25.4 Å². The Hall–Kier alpha value is -1.03. The van der Waals surface area contributed by atoms with E-state index in [1.807, 2.05) is 23.9 Å². The van der Waals surface area contributed by atoms with Crippen LogP contribution >= 0.6 is 0 Å². The van der Waals surface area contributed by atoms with Gasteiger partial charge in [0.25, 0.3) is 0 Å². The van der Waals surface area contributed by atoms with E-state index in [1.165, 1.54) is 0 Å². The highest BCUT2D eigenvalue weighted by Gasteiger charge is 1.95. The van der Waals surface area contributed by atoms with Gasteiger partial charge < -0.3 is 10.5 Å². The average molecular weight is 155 g/mol. The Morgan fingerprint density at radius 1 is 1.73 bits per heavy atom. The summed E-state index contributed by atoms with van der Waals surface area (Å²) >= 11 is 0. The second-order valence-corrected chi connectivity index (χ2v) is 2.15. The van der Waals surface area contributed by atoms with Crippen molar-refractivity contribution in [1.82, 2.24) is 9.78 Å². The van der Waals surface area contributed by atoms with Gasteiger partial charge in [-0.05, 0) is 6.92 Å². The number of hydrogen-bond donors (Lipinski definition) is 1. The van der Waals surface area contributed by atoms with Gasteiger partial charge in [0.15, 0.2) is 0 Å². The molecule has 4 heteroatoms. The molecule has 1 aromatic heterocycles. The first-order chi connectivity index (χ1) is 5.36. The van der Waals surface area contributed by atoms with Gasteiger partial charge in [0.2, 0.25) is 5.88 Å². The van der Waals surface area contributed by atoms with Crippen molar-refractivity contribution < 1.29 is 4.74 Å². The van der Waals surface area contributed by atoms with Crippen LogP contribution in [0.5, 0.6) is 5.88 Å². The summed E-state index contributed by atoms with van der Waals surface area (Å²) in [6, 6.07) is 1.83. The zero-order valence-electron chi connectivity index (χ0n) is 6.66. The fourth-order valence-electron chi connectivity index (χ4n) is 0.760. The fourth-order valence-corrected chi connectivity index (χ4v) is 0.760. The predicted octanol–water partition coefficient (Wildman–Crippen LogP) is 0.241. The third kappa shape index (κ3) is 2.23. The van der Waals surface area contributed by atoms with E-state index in [4.69, 9.17) is 10.5 Å². The van der Waals surface area contributed by atoms with Gasteiger partial charge >= 0.3 is 0 Å². The van der Waals surface area contributed by atoms with E-state index in [9.17, 15) is 0 Å². The highest BCUT2D eigenvalue weighted by Crippen LogP contribution is 2.04. The molecule has 1 aromatic rings. The Morgan fingerprint density at radius 2 is 2.55 bits per heavy atom. The summed E-state index contributed by atoms with van der Waals surface area (Å²) in [6.07, 6.45) is 1.88. The molecule has 0 atom stereocenters. The molecule has 2 N–H and O–H groups in total. The van der Waals surface area contributed by atoms with Gasteiger partial charge in [-0.3, -0.25) is 4.68 Å². The number of ether oxygens (including phenoxy) is 1. The van der Waals surface area contributed by atoms with E-state index in [-0.39, 0.29) is 0 Å². The molecule has 0 radical (unpaired) electrons. The van der Waals surface area contributed by atoms with Gasteiger partial charge in [-0.1, -0.05) is 0 Å². The topological polar surface area (TPSA) is 53.1 Å². The van der Waals surface area contributed by atoms with Crippen molar-refractivity contribution in [3.8, 4) is 5.88 Å². The van der Waals surface area contributed by atoms with Crippen molar-refractivity contribution >= 4 is 0 Å². The summed E-state index contributed by atoms with van der Waals surface area (Å²) in [7, 11) is 0. The van der Waals surface area contributed by atoms with Crippen LogP contribution in [-0.2, 0) is 6.54 Å². The van der Waals surface area contributed by atoms with Crippen molar-refractivity contribution in [1.29, 1.82) is 0 Å². The van der Waals surface area contributed by atoms with Crippen LogP contribution in [-0.4, -0.2) is 22.9 Å². The third-order valence-electron chi connectivity index (χ3n) is 1.31. The molecule has 0 bridgehead atoms. The molecule has 0 aromatic carbocycles. The molecule has 62 valence electrons. The lowest BCUT2D eigenvalue weighted by molar-refractivity contribution is 0.311. The second-order valence-electron chi connectivity index (χ2n) is 2.15. The van der Waals surface area contributed by atoms with E-state index in [0.29, 0.717) is 19.0 Å². The van der Waals surface area contributed by atoms with E-state index in [0.717, 1.165) is 6.54 Å². The molecule has 0 saturated carbocycles. The van der Waals surface area contributed by atoms with E-state index >= 15 is 0 Å². The summed E-state index contributed by atoms with van der Waals surface area (Å²) in [5.74, 6) is 0.650. The zero-order chi connectivity index (χ0) is 8.10. The minimum absolute atomic E-state index is 0.527. The van der Waals surface area contributed by atoms with Crippen LogP contribution in [0.15, 0.2) is 12.3 Å². The van der Waals surface area contributed by atoms with Crippen LogP contribution in [0.4, 0.5) is 0 Å². The summed E-state index contributed by atoms with van der Waals surface area (Å²) < 4.78 is 6.99. The average Bonchev–Trinajstić information content (AvgIpc) is 2.48. The summed E-state index contributed by atoms with van der Waals surface area (Å²) in [4.78, 5) is 0. The largest absolute Gasteiger partial charge is 0.475 e. The molecule has 0 amide bonds. The fraction of sp³-hybridized carbons (Fsp3) is 0.571. The molecule has 1 heterocycles. The maximum atomic E-state index is 5.26. The lowest BCUT2D eigenvalue weighted by Gasteiger charge is -1.98. The van der Waals surface area contributed by atoms with Crippen LogP contribution in [0.3, 0.4) is 0 Å². The smallest absolute Gasteiger partial charge is 0.232 e. The maximum absolute atomic E-state index is 5.26. The SMILES string of the molecule is CCn1ccc(OCCN)n1. The number of hydrogen-bond acceptors (Lipinski definition) is 3. The van der Waals surface area contributed by atoms with Gasteiger partial charge in [0.05, 0.1) is 0 Å². The first-order valence-corrected chi connectivity index (χ1v) is 3.73. The molecule has 4 nitrogen and oxygen atoms in total. The number of rotatable bonds is 4. The summed E-state index contributed by atoms with van der Waals surface area (Å²) in [6.45, 7) is 3.95. The van der Waals surface area contributed by atoms with Crippen molar-refractivity contribution in [3.63, 3.8) is 0 Å². The van der Waals surface area contributed by atoms with E-state index < -0.39 is 0 Å². The van der Waals surface area contributed by atoms with E-state index in [2.05, 4.69) is 5.10 Å². The lowest BCUT2D eigenvalue weighted by atomic mass is 10.6. The van der Waals surface area contributed by atoms with Crippen molar-refractivity contribution in [2.75, 3.05) is 13.2 Å². The van der Waals surface area contributed by atoms with Gasteiger partial charge in [-0.15, -0.1) is 5.10 Å². The Labute approximate surface area is 66.0 Å². The zero-order valence-corrected chi connectivity index (χ0v) is 6.66. The molecule has 0 unspecified atom stereocenters. The molecule has 1 rings (SSSR count). The van der Waals surface area contributed by atoms with Crippen LogP contribution in [0.1, 0.15) is 6.92 Å². The third-order valence-corrected chi connectivity index (χ3v) is 1.31. The highest BCUT2D eigenvalue weighted by atomic mass is 16.5. The van der Waals surface area contributed by atoms with E-state index in [1.54, 1.807) is 0 Å². The normalized spacial score (nSPS) is 10.0. The Kier molecular flexibility index (Phi) is 2.92. The number of nitrogens with zero attached hydrogens (tertiary/aromatic N) is 2. The number of nitrogens with two attached hydrogens (primary N) is 1. The quantitative estimate of drug-likeness (QED) is 0.677. The Balaban J connectivity index is 2.44. The highest BCUT2D eigenvalue weighted by molar-refractivity contribution is 5.05. The molecule has 0 spiro atoms. The molecular weight excluding hydrogens is 142 g/mol. The summed E-state index contributed by atoms with van der Waals surface area (Å²) in [5.41, 5.74) is 5.26. The standard InChI is InChI=1S/C7H13N3O/c1-2-10-5-3-7(9-10)11-6-4-8/h3,5H,2,4,6,8H2,1H3. The molecule has 0 fully saturated rings. The molecule has 0 aliphatic rings. The Morgan fingerprint density at radius 3 is 3.09 bits per heavy atom. The molecule has 0 aliphatic heterocycles. The van der Waals surface area contributed by atoms with Crippen molar-refractivity contribution in [2.24, 2.45) is 5.73 Å². The Bertz CT molecular complexity index is 209. The van der Waals surface area contributed by atoms with Crippen molar-refractivity contribution in [2.45, 2.75) is 13.5 Å². The molecule has 11 heavy (non-hydrogen) atoms. The van der Waals surface area contributed by atoms with Crippen LogP contribution in [0.2, 0.25) is 0 Å². The second kappa shape index (κ2) is 3.98. The van der Waals surface area contributed by atoms with Gasteiger partial charge in [-0.25, -0.2) is 0 Å². The maximum Gasteiger partial charge on any atom is 0.232 e. The van der Waals surface area contributed by atoms with Gasteiger partial charge in [0.1, 0.15) is 6.61 Å². The number of aryl methyl sites for hydroxylation is 1. The number of aromatic nitrogens is 2.